The third-order valence-electron chi connectivity index (χ3n) is 3.11. The van der Waals surface area contributed by atoms with Crippen molar-refractivity contribution in [3.05, 3.63) is 48.3 Å². The third kappa shape index (κ3) is 2.87. The number of benzene rings is 1. The maximum Gasteiger partial charge on any atom is 0.0726 e. The fourth-order valence-corrected chi connectivity index (χ4v) is 1.90. The summed E-state index contributed by atoms with van der Waals surface area (Å²) >= 11 is 0. The summed E-state index contributed by atoms with van der Waals surface area (Å²) in [6, 6.07) is 10.4. The van der Waals surface area contributed by atoms with Crippen molar-refractivity contribution in [2.24, 2.45) is 5.92 Å². The maximum atomic E-state index is 4.36. The van der Waals surface area contributed by atoms with E-state index in [-0.39, 0.29) is 0 Å². The molecule has 0 radical (unpaired) electrons. The van der Waals surface area contributed by atoms with Gasteiger partial charge in [-0.3, -0.25) is 4.68 Å². The number of aromatic nitrogens is 2. The first kappa shape index (κ1) is 10.4. The predicted molar refractivity (Wildman–Crippen MR) is 69.0 cm³/mol. The first-order chi connectivity index (χ1) is 8.40. The number of nitrogens with one attached hydrogen (secondary N) is 1. The number of hydrogen-bond acceptors (Lipinski definition) is 2. The summed E-state index contributed by atoms with van der Waals surface area (Å²) in [5, 5.41) is 7.79. The zero-order valence-electron chi connectivity index (χ0n) is 9.84. The van der Waals surface area contributed by atoms with Crippen LogP contribution in [0.5, 0.6) is 0 Å². The predicted octanol–water partition coefficient (Wildman–Crippen LogP) is 2.75. The van der Waals surface area contributed by atoms with Crippen LogP contribution in [0.1, 0.15) is 18.4 Å². The summed E-state index contributed by atoms with van der Waals surface area (Å²) in [4.78, 5) is 0. The minimum absolute atomic E-state index is 0.839. The molecule has 1 aliphatic carbocycles. The molecule has 3 heteroatoms. The lowest BCUT2D eigenvalue weighted by molar-refractivity contribution is 0.687. The Morgan fingerprint density at radius 3 is 2.82 bits per heavy atom. The van der Waals surface area contributed by atoms with E-state index in [1.54, 1.807) is 0 Å². The average molecular weight is 227 g/mol. The number of hydrogen-bond donors (Lipinski definition) is 1. The van der Waals surface area contributed by atoms with Gasteiger partial charge in [-0.2, -0.15) is 5.10 Å². The molecule has 0 aliphatic heterocycles. The summed E-state index contributed by atoms with van der Waals surface area (Å²) in [5.41, 5.74) is 2.41. The number of anilines is 1. The van der Waals surface area contributed by atoms with Gasteiger partial charge in [0.05, 0.1) is 18.4 Å². The topological polar surface area (TPSA) is 29.9 Å². The summed E-state index contributed by atoms with van der Waals surface area (Å²) in [5.74, 6) is 0.896. The number of rotatable bonds is 5. The molecule has 1 fully saturated rings. The minimum Gasteiger partial charge on any atom is -0.382 e. The Labute approximate surface area is 101 Å². The molecule has 88 valence electrons. The van der Waals surface area contributed by atoms with E-state index in [1.165, 1.54) is 18.4 Å². The smallest absolute Gasteiger partial charge is 0.0726 e. The fourth-order valence-electron chi connectivity index (χ4n) is 1.90. The summed E-state index contributed by atoms with van der Waals surface area (Å²) in [6.07, 6.45) is 6.75. The molecule has 0 amide bonds. The highest BCUT2D eigenvalue weighted by molar-refractivity contribution is 5.38. The van der Waals surface area contributed by atoms with E-state index in [4.69, 9.17) is 0 Å². The van der Waals surface area contributed by atoms with Gasteiger partial charge in [0.15, 0.2) is 0 Å². The normalized spacial score (nSPS) is 14.8. The van der Waals surface area contributed by atoms with Gasteiger partial charge in [-0.1, -0.05) is 30.3 Å². The minimum atomic E-state index is 0.839. The third-order valence-corrected chi connectivity index (χ3v) is 3.11. The molecule has 0 unspecified atom stereocenters. The van der Waals surface area contributed by atoms with Crippen LogP contribution in [0.2, 0.25) is 0 Å². The van der Waals surface area contributed by atoms with Crippen molar-refractivity contribution in [2.75, 3.05) is 11.9 Å². The molecule has 3 rings (SSSR count). The largest absolute Gasteiger partial charge is 0.382 e. The molecule has 0 atom stereocenters. The molecule has 17 heavy (non-hydrogen) atoms. The zero-order chi connectivity index (χ0) is 11.5. The van der Waals surface area contributed by atoms with Gasteiger partial charge in [0, 0.05) is 12.7 Å². The molecule has 1 heterocycles. The fraction of sp³-hybridized carbons (Fsp3) is 0.357. The van der Waals surface area contributed by atoms with E-state index in [2.05, 4.69) is 40.9 Å². The Balaban J connectivity index is 1.59. The van der Waals surface area contributed by atoms with Crippen molar-refractivity contribution in [1.82, 2.24) is 9.78 Å². The molecular formula is C14H17N3. The molecular weight excluding hydrogens is 210 g/mol. The van der Waals surface area contributed by atoms with Gasteiger partial charge in [0.25, 0.3) is 0 Å². The SMILES string of the molecule is c1ccc(Cn2cc(NCC3CC3)cn2)cc1. The van der Waals surface area contributed by atoms with Gasteiger partial charge in [0.1, 0.15) is 0 Å². The Kier molecular flexibility index (Phi) is 2.82. The molecule has 3 nitrogen and oxygen atoms in total. The van der Waals surface area contributed by atoms with Crippen LogP contribution >= 0.6 is 0 Å². The molecule has 0 saturated heterocycles. The lowest BCUT2D eigenvalue weighted by Crippen LogP contribution is -2.02. The van der Waals surface area contributed by atoms with Crippen LogP contribution < -0.4 is 5.32 Å². The summed E-state index contributed by atoms with van der Waals surface area (Å²) in [6.45, 7) is 1.93. The van der Waals surface area contributed by atoms with Crippen LogP contribution in [0, 0.1) is 5.92 Å². The second kappa shape index (κ2) is 4.62. The highest BCUT2D eigenvalue weighted by Gasteiger charge is 2.20. The van der Waals surface area contributed by atoms with E-state index >= 15 is 0 Å². The Hall–Kier alpha value is -1.77. The second-order valence-electron chi connectivity index (χ2n) is 4.74. The Morgan fingerprint density at radius 2 is 2.06 bits per heavy atom. The zero-order valence-corrected chi connectivity index (χ0v) is 9.84. The van der Waals surface area contributed by atoms with Crippen LogP contribution in [0.15, 0.2) is 42.7 Å². The molecule has 1 aromatic heterocycles. The molecule has 1 saturated carbocycles. The lowest BCUT2D eigenvalue weighted by Gasteiger charge is -2.02. The van der Waals surface area contributed by atoms with Crippen molar-refractivity contribution in [3.8, 4) is 0 Å². The molecule has 1 aromatic carbocycles. The van der Waals surface area contributed by atoms with E-state index in [0.717, 1.165) is 24.7 Å². The standard InChI is InChI=1S/C14H17N3/c1-2-4-13(5-3-1)10-17-11-14(9-16-17)15-8-12-6-7-12/h1-5,9,11-12,15H,6-8,10H2. The Bertz CT molecular complexity index is 471. The van der Waals surface area contributed by atoms with Crippen LogP contribution in [-0.2, 0) is 6.54 Å². The summed E-state index contributed by atoms with van der Waals surface area (Å²) in [7, 11) is 0. The van der Waals surface area contributed by atoms with Crippen molar-refractivity contribution >= 4 is 5.69 Å². The van der Waals surface area contributed by atoms with E-state index < -0.39 is 0 Å². The molecule has 2 aromatic rings. The van der Waals surface area contributed by atoms with Gasteiger partial charge in [0.2, 0.25) is 0 Å². The quantitative estimate of drug-likeness (QED) is 0.851. The summed E-state index contributed by atoms with van der Waals surface area (Å²) < 4.78 is 1.98. The van der Waals surface area contributed by atoms with Crippen LogP contribution in [-0.4, -0.2) is 16.3 Å². The first-order valence-corrected chi connectivity index (χ1v) is 6.20. The van der Waals surface area contributed by atoms with Crippen molar-refractivity contribution in [1.29, 1.82) is 0 Å². The van der Waals surface area contributed by atoms with Gasteiger partial charge in [-0.05, 0) is 24.3 Å². The van der Waals surface area contributed by atoms with Crippen LogP contribution in [0.4, 0.5) is 5.69 Å². The van der Waals surface area contributed by atoms with E-state index in [1.807, 2.05) is 16.9 Å². The van der Waals surface area contributed by atoms with Gasteiger partial charge >= 0.3 is 0 Å². The van der Waals surface area contributed by atoms with Crippen LogP contribution in [0.25, 0.3) is 0 Å². The highest BCUT2D eigenvalue weighted by Crippen LogP contribution is 2.28. The second-order valence-corrected chi connectivity index (χ2v) is 4.74. The van der Waals surface area contributed by atoms with E-state index in [9.17, 15) is 0 Å². The average Bonchev–Trinajstić information content (AvgIpc) is 3.09. The first-order valence-electron chi connectivity index (χ1n) is 6.20. The van der Waals surface area contributed by atoms with Crippen molar-refractivity contribution < 1.29 is 0 Å². The number of nitrogens with zero attached hydrogens (tertiary/aromatic N) is 2. The van der Waals surface area contributed by atoms with Gasteiger partial charge in [-0.25, -0.2) is 0 Å². The molecule has 0 spiro atoms. The molecule has 1 aliphatic rings. The van der Waals surface area contributed by atoms with Gasteiger partial charge < -0.3 is 5.32 Å². The lowest BCUT2D eigenvalue weighted by atomic mass is 10.2. The highest BCUT2D eigenvalue weighted by atomic mass is 15.3. The maximum absolute atomic E-state index is 4.36. The Morgan fingerprint density at radius 1 is 1.24 bits per heavy atom. The van der Waals surface area contributed by atoms with Crippen molar-refractivity contribution in [2.45, 2.75) is 19.4 Å². The van der Waals surface area contributed by atoms with Crippen LogP contribution in [0.3, 0.4) is 0 Å². The molecule has 1 N–H and O–H groups in total. The molecule has 0 bridgehead atoms. The van der Waals surface area contributed by atoms with Gasteiger partial charge in [-0.15, -0.1) is 0 Å². The van der Waals surface area contributed by atoms with E-state index in [0.29, 0.717) is 0 Å². The van der Waals surface area contributed by atoms with Crippen molar-refractivity contribution in [3.63, 3.8) is 0 Å². The monoisotopic (exact) mass is 227 g/mol.